The summed E-state index contributed by atoms with van der Waals surface area (Å²) in [5, 5.41) is 0. The SMILES string of the molecule is COc1ccc(-c2cccc(Oc3cccc(-c4ccc(OC)cc4)c3-c3ccc(OC)cc3)c2-c2ccc(OC)cc2)cc1. The minimum atomic E-state index is 0.732. The quantitative estimate of drug-likeness (QED) is 0.158. The van der Waals surface area contributed by atoms with Crippen molar-refractivity contribution >= 4 is 0 Å². The van der Waals surface area contributed by atoms with E-state index in [1.54, 1.807) is 28.4 Å². The molecule has 0 fully saturated rings. The van der Waals surface area contributed by atoms with E-state index in [-0.39, 0.29) is 0 Å². The van der Waals surface area contributed by atoms with Gasteiger partial charge in [0, 0.05) is 11.1 Å². The smallest absolute Gasteiger partial charge is 0.135 e. The lowest BCUT2D eigenvalue weighted by molar-refractivity contribution is 0.414. The lowest BCUT2D eigenvalue weighted by Crippen LogP contribution is -1.96. The summed E-state index contributed by atoms with van der Waals surface area (Å²) in [5.74, 6) is 4.65. The summed E-state index contributed by atoms with van der Waals surface area (Å²) in [6.07, 6.45) is 0. The van der Waals surface area contributed by atoms with E-state index in [2.05, 4.69) is 60.7 Å². The standard InChI is InChI=1S/C40H34O5/c1-41-31-19-11-27(12-20-31)35-7-5-9-37(39(35)29-15-23-33(43-3)24-16-29)45-38-10-6-8-36(28-13-21-32(42-2)22-14-28)40(38)30-17-25-34(44-4)26-18-30/h5-26H,1-4H3. The summed E-state index contributed by atoms with van der Waals surface area (Å²) in [7, 11) is 6.69. The molecule has 0 aliphatic rings. The van der Waals surface area contributed by atoms with Crippen LogP contribution < -0.4 is 23.7 Å². The molecule has 0 spiro atoms. The highest BCUT2D eigenvalue weighted by molar-refractivity contribution is 5.91. The first-order valence-electron chi connectivity index (χ1n) is 14.6. The van der Waals surface area contributed by atoms with Crippen molar-refractivity contribution in [3.05, 3.63) is 133 Å². The summed E-state index contributed by atoms with van der Waals surface area (Å²) < 4.78 is 28.7. The summed E-state index contributed by atoms with van der Waals surface area (Å²) in [6, 6.07) is 44.6. The number of hydrogen-bond donors (Lipinski definition) is 0. The van der Waals surface area contributed by atoms with Crippen molar-refractivity contribution in [1.82, 2.24) is 0 Å². The van der Waals surface area contributed by atoms with Gasteiger partial charge in [-0.05, 0) is 94.0 Å². The molecule has 0 saturated heterocycles. The zero-order valence-corrected chi connectivity index (χ0v) is 25.7. The Bertz CT molecular complexity index is 1730. The van der Waals surface area contributed by atoms with Crippen molar-refractivity contribution in [2.45, 2.75) is 0 Å². The van der Waals surface area contributed by atoms with E-state index in [4.69, 9.17) is 23.7 Å². The van der Waals surface area contributed by atoms with E-state index in [1.807, 2.05) is 72.8 Å². The van der Waals surface area contributed by atoms with Crippen molar-refractivity contribution in [2.24, 2.45) is 0 Å². The van der Waals surface area contributed by atoms with Gasteiger partial charge in [0.1, 0.15) is 34.5 Å². The van der Waals surface area contributed by atoms with Crippen LogP contribution in [0.1, 0.15) is 0 Å². The molecule has 0 aliphatic carbocycles. The van der Waals surface area contributed by atoms with Crippen LogP contribution in [0.3, 0.4) is 0 Å². The highest BCUT2D eigenvalue weighted by atomic mass is 16.5. The molecular weight excluding hydrogens is 560 g/mol. The van der Waals surface area contributed by atoms with Gasteiger partial charge >= 0.3 is 0 Å². The molecule has 6 aromatic rings. The Hall–Kier alpha value is -5.68. The van der Waals surface area contributed by atoms with Crippen molar-refractivity contribution in [1.29, 1.82) is 0 Å². The topological polar surface area (TPSA) is 46.2 Å². The number of ether oxygens (including phenoxy) is 5. The van der Waals surface area contributed by atoms with Crippen LogP contribution in [0.25, 0.3) is 44.5 Å². The number of benzene rings is 6. The fourth-order valence-electron chi connectivity index (χ4n) is 5.48. The molecule has 0 bridgehead atoms. The number of rotatable bonds is 10. The maximum absolute atomic E-state index is 6.96. The van der Waals surface area contributed by atoms with Crippen LogP contribution in [0.4, 0.5) is 0 Å². The molecule has 0 unspecified atom stereocenters. The van der Waals surface area contributed by atoms with E-state index < -0.39 is 0 Å². The lowest BCUT2D eigenvalue weighted by atomic mass is 9.92. The molecule has 0 aliphatic heterocycles. The molecule has 0 amide bonds. The summed E-state index contributed by atoms with van der Waals surface area (Å²) in [5.41, 5.74) is 8.14. The van der Waals surface area contributed by atoms with Gasteiger partial charge in [0.15, 0.2) is 0 Å². The second-order valence-electron chi connectivity index (χ2n) is 10.4. The molecule has 0 N–H and O–H groups in total. The van der Waals surface area contributed by atoms with Crippen molar-refractivity contribution < 1.29 is 23.7 Å². The Morgan fingerprint density at radius 1 is 0.311 bits per heavy atom. The van der Waals surface area contributed by atoms with Gasteiger partial charge in [-0.2, -0.15) is 0 Å². The highest BCUT2D eigenvalue weighted by Crippen LogP contribution is 2.46. The summed E-state index contributed by atoms with van der Waals surface area (Å²) in [4.78, 5) is 0. The van der Waals surface area contributed by atoms with Crippen LogP contribution in [0.2, 0.25) is 0 Å². The monoisotopic (exact) mass is 594 g/mol. The molecule has 0 saturated carbocycles. The third-order valence-corrected chi connectivity index (χ3v) is 7.83. The Morgan fingerprint density at radius 2 is 0.600 bits per heavy atom. The average Bonchev–Trinajstić information content (AvgIpc) is 3.11. The minimum absolute atomic E-state index is 0.732. The fourth-order valence-corrected chi connectivity index (χ4v) is 5.48. The molecule has 5 nitrogen and oxygen atoms in total. The maximum Gasteiger partial charge on any atom is 0.135 e. The van der Waals surface area contributed by atoms with Gasteiger partial charge in [-0.25, -0.2) is 0 Å². The number of hydrogen-bond acceptors (Lipinski definition) is 5. The van der Waals surface area contributed by atoms with E-state index in [0.29, 0.717) is 0 Å². The van der Waals surface area contributed by atoms with E-state index in [1.165, 1.54) is 0 Å². The van der Waals surface area contributed by atoms with Gasteiger partial charge < -0.3 is 23.7 Å². The van der Waals surface area contributed by atoms with Crippen LogP contribution in [-0.2, 0) is 0 Å². The van der Waals surface area contributed by atoms with Gasteiger partial charge in [-0.15, -0.1) is 0 Å². The van der Waals surface area contributed by atoms with Gasteiger partial charge in [-0.3, -0.25) is 0 Å². The molecule has 6 aromatic carbocycles. The Labute approximate surface area is 264 Å². The molecule has 0 aromatic heterocycles. The Balaban J connectivity index is 1.54. The van der Waals surface area contributed by atoms with Crippen LogP contribution in [0.5, 0.6) is 34.5 Å². The molecular formula is C40H34O5. The van der Waals surface area contributed by atoms with Gasteiger partial charge in [-0.1, -0.05) is 72.8 Å². The zero-order chi connectivity index (χ0) is 31.2. The second kappa shape index (κ2) is 13.3. The largest absolute Gasteiger partial charge is 0.497 e. The van der Waals surface area contributed by atoms with E-state index >= 15 is 0 Å². The minimum Gasteiger partial charge on any atom is -0.497 e. The fraction of sp³-hybridized carbons (Fsp3) is 0.100. The average molecular weight is 595 g/mol. The maximum atomic E-state index is 6.96. The van der Waals surface area contributed by atoms with E-state index in [0.717, 1.165) is 79.0 Å². The first-order valence-corrected chi connectivity index (χ1v) is 14.6. The summed E-state index contributed by atoms with van der Waals surface area (Å²) >= 11 is 0. The predicted octanol–water partition coefficient (Wildman–Crippen LogP) is 10.2. The Morgan fingerprint density at radius 3 is 0.889 bits per heavy atom. The first-order chi connectivity index (χ1) is 22.1. The molecule has 224 valence electrons. The highest BCUT2D eigenvalue weighted by Gasteiger charge is 2.19. The third-order valence-electron chi connectivity index (χ3n) is 7.83. The van der Waals surface area contributed by atoms with Crippen LogP contribution >= 0.6 is 0 Å². The van der Waals surface area contributed by atoms with Crippen LogP contribution in [-0.4, -0.2) is 28.4 Å². The molecule has 45 heavy (non-hydrogen) atoms. The molecule has 0 radical (unpaired) electrons. The third kappa shape index (κ3) is 6.20. The van der Waals surface area contributed by atoms with Crippen molar-refractivity contribution in [3.8, 4) is 79.0 Å². The van der Waals surface area contributed by atoms with Gasteiger partial charge in [0.2, 0.25) is 0 Å². The molecule has 5 heteroatoms. The van der Waals surface area contributed by atoms with Crippen LogP contribution in [0.15, 0.2) is 133 Å². The second-order valence-corrected chi connectivity index (χ2v) is 10.4. The number of methoxy groups -OCH3 is 4. The van der Waals surface area contributed by atoms with Gasteiger partial charge in [0.05, 0.1) is 28.4 Å². The predicted molar refractivity (Wildman–Crippen MR) is 181 cm³/mol. The lowest BCUT2D eigenvalue weighted by Gasteiger charge is -2.20. The van der Waals surface area contributed by atoms with Crippen LogP contribution in [0, 0.1) is 0 Å². The normalized spacial score (nSPS) is 10.7. The molecule has 0 atom stereocenters. The zero-order valence-electron chi connectivity index (χ0n) is 25.7. The van der Waals surface area contributed by atoms with E-state index in [9.17, 15) is 0 Å². The Kier molecular flexibility index (Phi) is 8.70. The van der Waals surface area contributed by atoms with Crippen molar-refractivity contribution in [2.75, 3.05) is 28.4 Å². The molecule has 0 heterocycles. The summed E-state index contributed by atoms with van der Waals surface area (Å²) in [6.45, 7) is 0. The first kappa shape index (κ1) is 29.4. The molecule has 6 rings (SSSR count). The van der Waals surface area contributed by atoms with Crippen molar-refractivity contribution in [3.63, 3.8) is 0 Å². The van der Waals surface area contributed by atoms with Gasteiger partial charge in [0.25, 0.3) is 0 Å².